The minimum Gasteiger partial charge on any atom is -0.492 e. The van der Waals surface area contributed by atoms with Crippen LogP contribution in [0.4, 0.5) is 4.79 Å². The number of carbonyl (C=O) groups excluding carboxylic acids is 2. The standard InChI is InChI=1S/C23H27ClN2O6/c1-13(2)19-12-32-21-10-22(31-7-5-6-25-23(29)30-4)17(24)8-15(21)18-9-20(28)16(14(3)27)11-26(18)19/h8-11,13,19H,5-7,12H2,1-4H3,(H,25,29). The largest absolute Gasteiger partial charge is 0.492 e. The van der Waals surface area contributed by atoms with Crippen LogP contribution in [0, 0.1) is 5.92 Å². The average molecular weight is 463 g/mol. The normalized spacial score (nSPS) is 14.6. The molecule has 1 aliphatic heterocycles. The van der Waals surface area contributed by atoms with Crippen LogP contribution in [-0.2, 0) is 4.74 Å². The summed E-state index contributed by atoms with van der Waals surface area (Å²) in [5.74, 6) is 0.908. The Morgan fingerprint density at radius 3 is 2.72 bits per heavy atom. The van der Waals surface area contributed by atoms with Gasteiger partial charge in [-0.2, -0.15) is 0 Å². The lowest BCUT2D eigenvalue weighted by Gasteiger charge is -2.24. The van der Waals surface area contributed by atoms with E-state index < -0.39 is 6.09 Å². The molecule has 32 heavy (non-hydrogen) atoms. The first-order valence-electron chi connectivity index (χ1n) is 10.4. The second-order valence-corrected chi connectivity index (χ2v) is 8.33. The molecule has 2 heterocycles. The zero-order valence-electron chi connectivity index (χ0n) is 18.6. The Kier molecular flexibility index (Phi) is 7.45. The Morgan fingerprint density at radius 1 is 1.31 bits per heavy atom. The molecule has 1 aromatic heterocycles. The smallest absolute Gasteiger partial charge is 0.406 e. The van der Waals surface area contributed by atoms with Gasteiger partial charge in [-0.3, -0.25) is 9.59 Å². The maximum absolute atomic E-state index is 12.6. The van der Waals surface area contributed by atoms with Gasteiger partial charge in [0.2, 0.25) is 0 Å². The quantitative estimate of drug-likeness (QED) is 0.492. The van der Waals surface area contributed by atoms with Crippen LogP contribution in [0.5, 0.6) is 11.5 Å². The van der Waals surface area contributed by atoms with E-state index in [0.717, 1.165) is 0 Å². The number of halogens is 1. The number of ether oxygens (including phenoxy) is 3. The maximum atomic E-state index is 12.6. The topological polar surface area (TPSA) is 95.9 Å². The fraction of sp³-hybridized carbons (Fsp3) is 0.435. The van der Waals surface area contributed by atoms with E-state index in [1.165, 1.54) is 20.1 Å². The highest BCUT2D eigenvalue weighted by Crippen LogP contribution is 2.42. The molecule has 3 rings (SSSR count). The van der Waals surface area contributed by atoms with E-state index in [4.69, 9.17) is 21.1 Å². The number of hydrogen-bond acceptors (Lipinski definition) is 6. The Bertz CT molecular complexity index is 1080. The number of fused-ring (bicyclic) bond motifs is 3. The van der Waals surface area contributed by atoms with Crippen LogP contribution < -0.4 is 20.2 Å². The Morgan fingerprint density at radius 2 is 2.06 bits per heavy atom. The number of amides is 1. The summed E-state index contributed by atoms with van der Waals surface area (Å²) in [5.41, 5.74) is 1.11. The van der Waals surface area contributed by atoms with Gasteiger partial charge in [0, 0.05) is 30.4 Å². The van der Waals surface area contributed by atoms with Gasteiger partial charge in [0.25, 0.3) is 0 Å². The SMILES string of the molecule is COC(=O)NCCCOc1cc2c(cc1Cl)-c1cc(=O)c(C(C)=O)cn1C(C(C)C)CO2. The summed E-state index contributed by atoms with van der Waals surface area (Å²) in [4.78, 5) is 35.6. The van der Waals surface area contributed by atoms with E-state index in [2.05, 4.69) is 23.9 Å². The van der Waals surface area contributed by atoms with Crippen LogP contribution in [-0.4, -0.2) is 43.3 Å². The molecule has 8 nitrogen and oxygen atoms in total. The number of pyridine rings is 1. The summed E-state index contributed by atoms with van der Waals surface area (Å²) in [6, 6.07) is 4.81. The molecule has 0 radical (unpaired) electrons. The first-order chi connectivity index (χ1) is 15.2. The van der Waals surface area contributed by atoms with E-state index in [9.17, 15) is 14.4 Å². The Balaban J connectivity index is 1.92. The van der Waals surface area contributed by atoms with Crippen LogP contribution in [0.1, 0.15) is 43.6 Å². The predicted molar refractivity (Wildman–Crippen MR) is 121 cm³/mol. The van der Waals surface area contributed by atoms with Crippen molar-refractivity contribution in [2.24, 2.45) is 5.92 Å². The summed E-state index contributed by atoms with van der Waals surface area (Å²) in [6.45, 7) is 6.59. The number of aromatic nitrogens is 1. The van der Waals surface area contributed by atoms with Crippen LogP contribution in [0.2, 0.25) is 5.02 Å². The number of hydrogen-bond donors (Lipinski definition) is 1. The van der Waals surface area contributed by atoms with Crippen molar-refractivity contribution < 1.29 is 23.8 Å². The summed E-state index contributed by atoms with van der Waals surface area (Å²) < 4.78 is 18.3. The number of nitrogens with one attached hydrogen (secondary N) is 1. The second kappa shape index (κ2) is 10.1. The molecule has 0 saturated heterocycles. The van der Waals surface area contributed by atoms with Crippen LogP contribution in [0.25, 0.3) is 11.3 Å². The lowest BCUT2D eigenvalue weighted by atomic mass is 10.0. The number of benzene rings is 1. The highest BCUT2D eigenvalue weighted by molar-refractivity contribution is 6.32. The molecule has 0 saturated carbocycles. The first kappa shape index (κ1) is 23.7. The molecule has 0 bridgehead atoms. The van der Waals surface area contributed by atoms with Gasteiger partial charge in [-0.15, -0.1) is 0 Å². The van der Waals surface area contributed by atoms with E-state index in [-0.39, 0.29) is 28.7 Å². The van der Waals surface area contributed by atoms with Crippen molar-refractivity contribution in [1.82, 2.24) is 9.88 Å². The first-order valence-corrected chi connectivity index (χ1v) is 10.8. The summed E-state index contributed by atoms with van der Waals surface area (Å²) >= 11 is 6.48. The molecule has 1 amide bonds. The van der Waals surface area contributed by atoms with E-state index in [0.29, 0.717) is 54.0 Å². The van der Waals surface area contributed by atoms with Gasteiger partial charge in [0.05, 0.1) is 36.0 Å². The van der Waals surface area contributed by atoms with Crippen LogP contribution >= 0.6 is 11.6 Å². The van der Waals surface area contributed by atoms with Crippen molar-refractivity contribution in [2.45, 2.75) is 33.2 Å². The number of alkyl carbamates (subject to hydrolysis) is 1. The maximum Gasteiger partial charge on any atom is 0.406 e. The third kappa shape index (κ3) is 5.07. The molecule has 0 spiro atoms. The van der Waals surface area contributed by atoms with Gasteiger partial charge in [-0.05, 0) is 25.3 Å². The number of Topliss-reactive ketones (excluding diaryl/α,β-unsaturated/α-hetero) is 1. The molecule has 172 valence electrons. The lowest BCUT2D eigenvalue weighted by Crippen LogP contribution is -2.25. The molecule has 1 N–H and O–H groups in total. The van der Waals surface area contributed by atoms with E-state index >= 15 is 0 Å². The van der Waals surface area contributed by atoms with Gasteiger partial charge in [-0.25, -0.2) is 4.79 Å². The zero-order chi connectivity index (χ0) is 23.4. The summed E-state index contributed by atoms with van der Waals surface area (Å²) in [6.07, 6.45) is 1.68. The van der Waals surface area contributed by atoms with Gasteiger partial charge in [0.1, 0.15) is 18.1 Å². The molecular weight excluding hydrogens is 436 g/mol. The summed E-state index contributed by atoms with van der Waals surface area (Å²) in [5, 5.41) is 2.95. The molecule has 1 atom stereocenters. The molecule has 1 unspecified atom stereocenters. The fourth-order valence-electron chi connectivity index (χ4n) is 3.56. The molecular formula is C23H27ClN2O6. The Labute approximate surface area is 191 Å². The van der Waals surface area contributed by atoms with Crippen molar-refractivity contribution in [3.63, 3.8) is 0 Å². The average Bonchev–Trinajstić information content (AvgIpc) is 2.89. The molecule has 9 heteroatoms. The van der Waals surface area contributed by atoms with Gasteiger partial charge < -0.3 is 24.1 Å². The number of ketones is 1. The highest BCUT2D eigenvalue weighted by Gasteiger charge is 2.27. The predicted octanol–water partition coefficient (Wildman–Crippen LogP) is 4.09. The number of methoxy groups -OCH3 is 1. The molecule has 0 aliphatic carbocycles. The Hall–Kier alpha value is -3.00. The molecule has 1 aromatic carbocycles. The number of nitrogens with zero attached hydrogens (tertiary/aromatic N) is 1. The van der Waals surface area contributed by atoms with Crippen molar-refractivity contribution >= 4 is 23.5 Å². The third-order valence-electron chi connectivity index (χ3n) is 5.34. The third-order valence-corrected chi connectivity index (χ3v) is 5.63. The van der Waals surface area contributed by atoms with E-state index in [1.54, 1.807) is 18.3 Å². The van der Waals surface area contributed by atoms with Gasteiger partial charge >= 0.3 is 6.09 Å². The van der Waals surface area contributed by atoms with Gasteiger partial charge in [-0.1, -0.05) is 25.4 Å². The van der Waals surface area contributed by atoms with Crippen molar-refractivity contribution in [1.29, 1.82) is 0 Å². The minimum absolute atomic E-state index is 0.0800. The number of rotatable bonds is 7. The van der Waals surface area contributed by atoms with E-state index in [1.807, 2.05) is 4.57 Å². The summed E-state index contributed by atoms with van der Waals surface area (Å²) in [7, 11) is 1.30. The molecule has 1 aliphatic rings. The second-order valence-electron chi connectivity index (χ2n) is 7.92. The van der Waals surface area contributed by atoms with Crippen molar-refractivity contribution in [3.05, 3.63) is 45.2 Å². The van der Waals surface area contributed by atoms with Crippen LogP contribution in [0.3, 0.4) is 0 Å². The van der Waals surface area contributed by atoms with Gasteiger partial charge in [0.15, 0.2) is 11.2 Å². The fourth-order valence-corrected chi connectivity index (χ4v) is 3.77. The monoisotopic (exact) mass is 462 g/mol. The zero-order valence-corrected chi connectivity index (χ0v) is 19.3. The minimum atomic E-state index is -0.497. The highest BCUT2D eigenvalue weighted by atomic mass is 35.5. The van der Waals surface area contributed by atoms with Crippen molar-refractivity contribution in [3.8, 4) is 22.8 Å². The molecule has 2 aromatic rings. The van der Waals surface area contributed by atoms with Crippen LogP contribution in [0.15, 0.2) is 29.2 Å². The number of carbonyl (C=O) groups is 2. The van der Waals surface area contributed by atoms with Crippen molar-refractivity contribution in [2.75, 3.05) is 26.9 Å². The lowest BCUT2D eigenvalue weighted by molar-refractivity contribution is 0.101. The molecule has 0 fully saturated rings.